The fourth-order valence-electron chi connectivity index (χ4n) is 7.42. The van der Waals surface area contributed by atoms with Gasteiger partial charge in [-0.15, -0.1) is 23.2 Å². The number of likely N-dealkylation sites (tertiary alicyclic amines) is 1. The van der Waals surface area contributed by atoms with Crippen molar-refractivity contribution in [2.45, 2.75) is 41.9 Å². The van der Waals surface area contributed by atoms with Crippen LogP contribution in [0.3, 0.4) is 0 Å². The van der Waals surface area contributed by atoms with Crippen LogP contribution >= 0.6 is 23.2 Å². The van der Waals surface area contributed by atoms with E-state index in [9.17, 15) is 42.3 Å². The maximum Gasteiger partial charge on any atom is 0.305 e. The first-order chi connectivity index (χ1) is 22.5. The molecule has 4 amide bonds. The molecule has 1 saturated carbocycles. The topological polar surface area (TPSA) is 142 Å². The van der Waals surface area contributed by atoms with E-state index in [1.807, 2.05) is 0 Å². The summed E-state index contributed by atoms with van der Waals surface area (Å²) in [6.07, 6.45) is 0.116. The first-order valence-corrected chi connectivity index (χ1v) is 15.3. The highest BCUT2D eigenvalue weighted by Crippen LogP contribution is 2.66. The second kappa shape index (κ2) is 11.4. The number of aromatic hydroxyl groups is 1. The van der Waals surface area contributed by atoms with Crippen molar-refractivity contribution in [2.75, 3.05) is 18.1 Å². The first kappa shape index (κ1) is 33.7. The van der Waals surface area contributed by atoms with Gasteiger partial charge >= 0.3 is 5.97 Å². The number of hydrogen-bond acceptors (Lipinski definition) is 7. The molecule has 6 atom stereocenters. The highest BCUT2D eigenvalue weighted by atomic mass is 35.5. The third-order valence-electron chi connectivity index (χ3n) is 9.48. The fourth-order valence-corrected chi connectivity index (χ4v) is 8.35. The maximum absolute atomic E-state index is 15.1. The van der Waals surface area contributed by atoms with Crippen molar-refractivity contribution in [1.82, 2.24) is 4.90 Å². The summed E-state index contributed by atoms with van der Waals surface area (Å²) < 4.78 is 78.4. The van der Waals surface area contributed by atoms with E-state index in [0.717, 1.165) is 11.0 Å². The number of amides is 4. The van der Waals surface area contributed by atoms with E-state index in [2.05, 4.69) is 0 Å². The molecule has 6 unspecified atom stereocenters. The van der Waals surface area contributed by atoms with Crippen molar-refractivity contribution in [2.24, 2.45) is 17.8 Å². The standard InChI is InChI=1S/C31H23Cl2F5N2O8/c1-2-48-16-9-11(3-6-15(16)41)19-12-4-5-13-18(27(45)39(26(13)44)8-7-17(42)43)14(12)10-30(32)28(46)40(29(47)31(19,30)33)25-23(37)21(35)20(34)22(36)24(25)38/h3-4,6,9,13-14,18-19,41H,2,5,7-8,10H2,1H3,(H,42,43). The van der Waals surface area contributed by atoms with Crippen molar-refractivity contribution in [3.05, 3.63) is 64.5 Å². The van der Waals surface area contributed by atoms with Crippen LogP contribution in [0.25, 0.3) is 0 Å². The zero-order chi connectivity index (χ0) is 35.2. The molecule has 0 bridgehead atoms. The number of halogens is 7. The number of imide groups is 2. The molecule has 2 aromatic rings. The Morgan fingerprint density at radius 1 is 0.958 bits per heavy atom. The molecule has 48 heavy (non-hydrogen) atoms. The van der Waals surface area contributed by atoms with Crippen LogP contribution < -0.4 is 9.64 Å². The third-order valence-corrected chi connectivity index (χ3v) is 10.9. The second-order valence-electron chi connectivity index (χ2n) is 11.8. The summed E-state index contributed by atoms with van der Waals surface area (Å²) in [4.78, 5) is 61.7. The number of benzene rings is 2. The van der Waals surface area contributed by atoms with Gasteiger partial charge in [-0.2, -0.15) is 0 Å². The Morgan fingerprint density at radius 2 is 1.58 bits per heavy atom. The summed E-state index contributed by atoms with van der Waals surface area (Å²) in [5, 5.41) is 19.5. The van der Waals surface area contributed by atoms with Crippen LogP contribution in [-0.2, 0) is 24.0 Å². The van der Waals surface area contributed by atoms with Crippen molar-refractivity contribution >= 4 is 58.5 Å². The Balaban J connectivity index is 1.57. The van der Waals surface area contributed by atoms with Crippen molar-refractivity contribution in [3.8, 4) is 11.5 Å². The molecule has 17 heteroatoms. The molecule has 2 heterocycles. The number of anilines is 1. The Labute approximate surface area is 277 Å². The molecule has 2 aliphatic carbocycles. The van der Waals surface area contributed by atoms with E-state index in [0.29, 0.717) is 0 Å². The van der Waals surface area contributed by atoms with Crippen LogP contribution in [0.5, 0.6) is 11.5 Å². The Kier molecular flexibility index (Phi) is 8.02. The number of aliphatic carboxylic acids is 1. The lowest BCUT2D eigenvalue weighted by molar-refractivity contribution is -0.142. The number of nitrogens with zero attached hydrogens (tertiary/aromatic N) is 2. The Morgan fingerprint density at radius 3 is 2.19 bits per heavy atom. The van der Waals surface area contributed by atoms with Crippen LogP contribution in [0.1, 0.15) is 37.7 Å². The quantitative estimate of drug-likeness (QED) is 0.106. The SMILES string of the molecule is CCOc1cc(C2C3=CCC4C(=O)N(CCC(=O)O)C(=O)C4C3CC3(Cl)C(=O)N(c4c(F)c(F)c(F)c(F)c4F)C(=O)C23Cl)ccc1O. The van der Waals surface area contributed by atoms with Crippen LogP contribution in [0, 0.1) is 46.8 Å². The number of carbonyl (C=O) groups excluding carboxylic acids is 4. The molecule has 10 nitrogen and oxygen atoms in total. The lowest BCUT2D eigenvalue weighted by atomic mass is 9.56. The lowest BCUT2D eigenvalue weighted by Crippen LogP contribution is -2.60. The first-order valence-electron chi connectivity index (χ1n) is 14.5. The van der Waals surface area contributed by atoms with E-state index in [4.69, 9.17) is 33.0 Å². The minimum absolute atomic E-state index is 0.0468. The van der Waals surface area contributed by atoms with E-state index in [1.165, 1.54) is 18.2 Å². The van der Waals surface area contributed by atoms with Gasteiger partial charge in [0.2, 0.25) is 17.6 Å². The number of carboxylic acids is 1. The number of phenolic OH excluding ortho intramolecular Hbond substituents is 1. The number of allylic oxidation sites excluding steroid dienone is 2. The molecule has 2 N–H and O–H groups in total. The molecular weight excluding hydrogens is 694 g/mol. The van der Waals surface area contributed by atoms with Gasteiger partial charge < -0.3 is 14.9 Å². The number of carboxylic acid groups (broad SMARTS) is 1. The van der Waals surface area contributed by atoms with Crippen molar-refractivity contribution in [3.63, 3.8) is 0 Å². The second-order valence-corrected chi connectivity index (χ2v) is 13.1. The Hall–Kier alpha value is -4.24. The molecule has 0 spiro atoms. The van der Waals surface area contributed by atoms with E-state index in [-0.39, 0.29) is 40.6 Å². The number of phenols is 1. The summed E-state index contributed by atoms with van der Waals surface area (Å²) in [6.45, 7) is 1.19. The summed E-state index contributed by atoms with van der Waals surface area (Å²) >= 11 is 14.1. The molecule has 0 aromatic heterocycles. The molecule has 254 valence electrons. The lowest BCUT2D eigenvalue weighted by Gasteiger charge is -2.50. The molecule has 2 aliphatic heterocycles. The third kappa shape index (κ3) is 4.39. The predicted molar refractivity (Wildman–Crippen MR) is 155 cm³/mol. The van der Waals surface area contributed by atoms with E-state index < -0.39 is 117 Å². The van der Waals surface area contributed by atoms with Gasteiger partial charge in [0, 0.05) is 12.5 Å². The van der Waals surface area contributed by atoms with Gasteiger partial charge in [-0.25, -0.2) is 26.9 Å². The van der Waals surface area contributed by atoms with Gasteiger partial charge in [0.05, 0.1) is 24.9 Å². The largest absolute Gasteiger partial charge is 0.504 e. The molecule has 3 fully saturated rings. The number of alkyl halides is 2. The average Bonchev–Trinajstić information content (AvgIpc) is 3.37. The monoisotopic (exact) mass is 716 g/mol. The van der Waals surface area contributed by atoms with Gasteiger partial charge in [0.25, 0.3) is 11.8 Å². The number of fused-ring (bicyclic) bond motifs is 4. The van der Waals surface area contributed by atoms with Gasteiger partial charge in [-0.1, -0.05) is 17.7 Å². The average molecular weight is 717 g/mol. The molecule has 2 saturated heterocycles. The minimum Gasteiger partial charge on any atom is -0.504 e. The summed E-state index contributed by atoms with van der Waals surface area (Å²) in [6, 6.07) is 3.69. The fraction of sp³-hybridized carbons (Fsp3) is 0.387. The highest BCUT2D eigenvalue weighted by Gasteiger charge is 2.77. The summed E-state index contributed by atoms with van der Waals surface area (Å²) in [7, 11) is 0. The Bertz CT molecular complexity index is 1850. The van der Waals surface area contributed by atoms with Gasteiger partial charge in [-0.3, -0.25) is 28.9 Å². The normalized spacial score (nSPS) is 29.5. The van der Waals surface area contributed by atoms with Crippen LogP contribution in [0.15, 0.2) is 29.8 Å². The molecular formula is C31H23Cl2F5N2O8. The highest BCUT2D eigenvalue weighted by molar-refractivity contribution is 6.58. The van der Waals surface area contributed by atoms with Crippen LogP contribution in [0.2, 0.25) is 0 Å². The number of rotatable bonds is 7. The molecule has 6 rings (SSSR count). The van der Waals surface area contributed by atoms with E-state index >= 15 is 8.78 Å². The van der Waals surface area contributed by atoms with Gasteiger partial charge in [0.15, 0.2) is 44.5 Å². The zero-order valence-corrected chi connectivity index (χ0v) is 26.1. The number of carbonyl (C=O) groups is 5. The molecule has 4 aliphatic rings. The summed E-state index contributed by atoms with van der Waals surface area (Å²) in [5.74, 6) is -24.0. The molecule has 2 aromatic carbocycles. The predicted octanol–water partition coefficient (Wildman–Crippen LogP) is 4.52. The minimum atomic E-state index is -2.74. The van der Waals surface area contributed by atoms with Crippen molar-refractivity contribution < 1.29 is 60.9 Å². The molecule has 0 radical (unpaired) electrons. The van der Waals surface area contributed by atoms with Crippen LogP contribution in [-0.4, -0.2) is 67.6 Å². The summed E-state index contributed by atoms with van der Waals surface area (Å²) in [5.41, 5.74) is -1.67. The maximum atomic E-state index is 15.1. The number of ether oxygens (including phenoxy) is 1. The smallest absolute Gasteiger partial charge is 0.305 e. The van der Waals surface area contributed by atoms with Crippen molar-refractivity contribution in [1.29, 1.82) is 0 Å². The van der Waals surface area contributed by atoms with E-state index in [1.54, 1.807) is 6.92 Å². The van der Waals surface area contributed by atoms with Gasteiger partial charge in [0.1, 0.15) is 5.69 Å². The van der Waals surface area contributed by atoms with Crippen LogP contribution in [0.4, 0.5) is 27.6 Å². The number of hydrogen-bond donors (Lipinski definition) is 2. The zero-order valence-electron chi connectivity index (χ0n) is 24.5. The van der Waals surface area contributed by atoms with Gasteiger partial charge in [-0.05, 0) is 43.4 Å².